The van der Waals surface area contributed by atoms with E-state index in [-0.39, 0.29) is 5.69 Å². The molecule has 0 saturated heterocycles. The molecule has 0 unspecified atom stereocenters. The number of anilines is 2. The molecule has 0 radical (unpaired) electrons. The van der Waals surface area contributed by atoms with E-state index < -0.39 is 29.0 Å². The van der Waals surface area contributed by atoms with Crippen molar-refractivity contribution in [2.75, 3.05) is 10.6 Å². The molecule has 1 aliphatic heterocycles. The molecule has 2 N–H and O–H groups in total. The molecular weight excluding hydrogens is 318 g/mol. The molecule has 0 aromatic heterocycles. The van der Waals surface area contributed by atoms with Crippen molar-refractivity contribution in [1.29, 1.82) is 0 Å². The lowest BCUT2D eigenvalue weighted by Crippen LogP contribution is -2.56. The number of halogens is 2. The van der Waals surface area contributed by atoms with E-state index in [2.05, 4.69) is 10.6 Å². The van der Waals surface area contributed by atoms with Gasteiger partial charge in [-0.05, 0) is 43.7 Å². The summed E-state index contributed by atoms with van der Waals surface area (Å²) in [6.45, 7) is 3.16. The predicted molar refractivity (Wildman–Crippen MR) is 83.8 cm³/mol. The third kappa shape index (κ3) is 2.68. The molecule has 0 fully saturated rings. The third-order valence-corrected chi connectivity index (χ3v) is 3.74. The number of ether oxygens (including phenoxy) is 1. The molecule has 2 amide bonds. The molecule has 2 aromatic rings. The Kier molecular flexibility index (Phi) is 3.71. The summed E-state index contributed by atoms with van der Waals surface area (Å²) in [4.78, 5) is 24.8. The van der Waals surface area contributed by atoms with Gasteiger partial charge < -0.3 is 15.4 Å². The van der Waals surface area contributed by atoms with Crippen LogP contribution in [0.25, 0.3) is 0 Å². The van der Waals surface area contributed by atoms with E-state index in [4.69, 9.17) is 4.74 Å². The highest BCUT2D eigenvalue weighted by atomic mass is 19.2. The normalized spacial score (nSPS) is 19.1. The number of hydrogen-bond donors (Lipinski definition) is 2. The first-order chi connectivity index (χ1) is 11.3. The number of rotatable bonds is 2. The molecule has 0 aliphatic carbocycles. The van der Waals surface area contributed by atoms with Gasteiger partial charge in [-0.25, -0.2) is 8.78 Å². The van der Waals surface area contributed by atoms with Gasteiger partial charge >= 0.3 is 0 Å². The third-order valence-electron chi connectivity index (χ3n) is 3.74. The van der Waals surface area contributed by atoms with Gasteiger partial charge in [0.1, 0.15) is 5.75 Å². The van der Waals surface area contributed by atoms with Crippen LogP contribution in [-0.2, 0) is 9.59 Å². The van der Waals surface area contributed by atoms with Crippen molar-refractivity contribution in [1.82, 2.24) is 0 Å². The van der Waals surface area contributed by atoms with Crippen LogP contribution in [-0.4, -0.2) is 17.4 Å². The Bertz CT molecular complexity index is 854. The fourth-order valence-electron chi connectivity index (χ4n) is 2.31. The van der Waals surface area contributed by atoms with Crippen molar-refractivity contribution in [3.63, 3.8) is 0 Å². The Morgan fingerprint density at radius 2 is 1.92 bits per heavy atom. The number of hydrogen-bond acceptors (Lipinski definition) is 3. The summed E-state index contributed by atoms with van der Waals surface area (Å²) in [6.07, 6.45) is 0. The molecule has 0 saturated carbocycles. The van der Waals surface area contributed by atoms with Gasteiger partial charge in [-0.1, -0.05) is 6.07 Å². The molecule has 2 aromatic carbocycles. The Hall–Kier alpha value is -2.96. The van der Waals surface area contributed by atoms with Gasteiger partial charge in [-0.3, -0.25) is 9.59 Å². The van der Waals surface area contributed by atoms with Gasteiger partial charge in [0.25, 0.3) is 17.4 Å². The van der Waals surface area contributed by atoms with Crippen LogP contribution in [0.2, 0.25) is 0 Å². The van der Waals surface area contributed by atoms with E-state index in [1.807, 2.05) is 6.92 Å². The van der Waals surface area contributed by atoms with E-state index in [0.717, 1.165) is 17.7 Å². The minimum absolute atomic E-state index is 0.0197. The molecule has 1 atom stereocenters. The number of fused-ring (bicyclic) bond motifs is 1. The Morgan fingerprint density at radius 3 is 2.62 bits per heavy atom. The number of nitrogens with one attached hydrogen (secondary N) is 2. The van der Waals surface area contributed by atoms with Crippen molar-refractivity contribution in [2.45, 2.75) is 19.4 Å². The van der Waals surface area contributed by atoms with Crippen molar-refractivity contribution in [2.24, 2.45) is 0 Å². The first kappa shape index (κ1) is 15.9. The SMILES string of the molecule is Cc1ccc2c(c1)NC(=O)[C@@](C)(C(=O)Nc1ccc(F)c(F)c1)O2. The number of carbonyl (C=O) groups is 2. The predicted octanol–water partition coefficient (Wildman–Crippen LogP) is 3.00. The smallest absolute Gasteiger partial charge is 0.278 e. The molecule has 7 heteroatoms. The second-order valence-corrected chi connectivity index (χ2v) is 5.67. The zero-order valence-electron chi connectivity index (χ0n) is 12.9. The van der Waals surface area contributed by atoms with E-state index in [0.29, 0.717) is 11.4 Å². The van der Waals surface area contributed by atoms with Crippen LogP contribution in [0.4, 0.5) is 20.2 Å². The molecule has 24 heavy (non-hydrogen) atoms. The first-order valence-electron chi connectivity index (χ1n) is 7.17. The molecular formula is C17H14F2N2O3. The number of benzene rings is 2. The van der Waals surface area contributed by atoms with Crippen LogP contribution in [0.3, 0.4) is 0 Å². The summed E-state index contributed by atoms with van der Waals surface area (Å²) >= 11 is 0. The zero-order valence-corrected chi connectivity index (χ0v) is 12.9. The number of aryl methyl sites for hydroxylation is 1. The highest BCUT2D eigenvalue weighted by Gasteiger charge is 2.47. The van der Waals surface area contributed by atoms with Crippen molar-refractivity contribution in [3.8, 4) is 5.75 Å². The molecule has 124 valence electrons. The van der Waals surface area contributed by atoms with Gasteiger partial charge in [0.15, 0.2) is 11.6 Å². The molecule has 5 nitrogen and oxygen atoms in total. The average Bonchev–Trinajstić information content (AvgIpc) is 2.52. The summed E-state index contributed by atoms with van der Waals surface area (Å²) in [5.41, 5.74) is -0.426. The lowest BCUT2D eigenvalue weighted by atomic mass is 10.0. The number of carbonyl (C=O) groups excluding carboxylic acids is 2. The zero-order chi connectivity index (χ0) is 17.5. The summed E-state index contributed by atoms with van der Waals surface area (Å²) in [5, 5.41) is 4.98. The summed E-state index contributed by atoms with van der Waals surface area (Å²) in [6, 6.07) is 8.05. The summed E-state index contributed by atoms with van der Waals surface area (Å²) in [7, 11) is 0. The standard InChI is InChI=1S/C17H14F2N2O3/c1-9-3-6-14-13(7-9)21-16(23)17(2,24-14)15(22)20-10-4-5-11(18)12(19)8-10/h3-8H,1-2H3,(H,20,22)(H,21,23)/t17-/m1/s1. The van der Waals surface area contributed by atoms with Crippen LogP contribution in [0.15, 0.2) is 36.4 Å². The lowest BCUT2D eigenvalue weighted by molar-refractivity contribution is -0.143. The van der Waals surface area contributed by atoms with E-state index in [9.17, 15) is 18.4 Å². The fourth-order valence-corrected chi connectivity index (χ4v) is 2.31. The maximum atomic E-state index is 13.2. The second kappa shape index (κ2) is 5.59. The highest BCUT2D eigenvalue weighted by molar-refractivity contribution is 6.19. The lowest BCUT2D eigenvalue weighted by Gasteiger charge is -2.33. The summed E-state index contributed by atoms with van der Waals surface area (Å²) < 4.78 is 31.8. The Balaban J connectivity index is 1.87. The highest BCUT2D eigenvalue weighted by Crippen LogP contribution is 2.34. The summed E-state index contributed by atoms with van der Waals surface area (Å²) in [5.74, 6) is -3.23. The topological polar surface area (TPSA) is 67.4 Å². The van der Waals surface area contributed by atoms with Gasteiger partial charge in [0, 0.05) is 11.8 Å². The van der Waals surface area contributed by atoms with E-state index >= 15 is 0 Å². The largest absolute Gasteiger partial charge is 0.466 e. The second-order valence-electron chi connectivity index (χ2n) is 5.67. The minimum atomic E-state index is -1.84. The molecule has 0 spiro atoms. The monoisotopic (exact) mass is 332 g/mol. The maximum absolute atomic E-state index is 13.2. The quantitative estimate of drug-likeness (QED) is 0.831. The minimum Gasteiger partial charge on any atom is -0.466 e. The van der Waals surface area contributed by atoms with Crippen LogP contribution in [0.5, 0.6) is 5.75 Å². The van der Waals surface area contributed by atoms with Gasteiger partial charge in [-0.2, -0.15) is 0 Å². The van der Waals surface area contributed by atoms with Crippen LogP contribution in [0.1, 0.15) is 12.5 Å². The van der Waals surface area contributed by atoms with Crippen LogP contribution in [0, 0.1) is 18.6 Å². The molecule has 0 bridgehead atoms. The Labute approximate surface area is 136 Å². The maximum Gasteiger partial charge on any atom is 0.278 e. The average molecular weight is 332 g/mol. The van der Waals surface area contributed by atoms with E-state index in [1.54, 1.807) is 18.2 Å². The van der Waals surface area contributed by atoms with E-state index in [1.165, 1.54) is 13.0 Å². The fraction of sp³-hybridized carbons (Fsp3) is 0.176. The van der Waals surface area contributed by atoms with Crippen molar-refractivity contribution < 1.29 is 23.1 Å². The van der Waals surface area contributed by atoms with Gasteiger partial charge in [-0.15, -0.1) is 0 Å². The first-order valence-corrected chi connectivity index (χ1v) is 7.17. The van der Waals surface area contributed by atoms with Crippen LogP contribution < -0.4 is 15.4 Å². The van der Waals surface area contributed by atoms with Gasteiger partial charge in [0.2, 0.25) is 0 Å². The van der Waals surface area contributed by atoms with Crippen LogP contribution >= 0.6 is 0 Å². The molecule has 3 rings (SSSR count). The van der Waals surface area contributed by atoms with Gasteiger partial charge in [0.05, 0.1) is 5.69 Å². The van der Waals surface area contributed by atoms with Crippen molar-refractivity contribution >= 4 is 23.2 Å². The molecule has 1 heterocycles. The van der Waals surface area contributed by atoms with Crippen molar-refractivity contribution in [3.05, 3.63) is 53.6 Å². The number of amides is 2. The Morgan fingerprint density at radius 1 is 1.17 bits per heavy atom. The molecule has 1 aliphatic rings.